The Kier molecular flexibility index (Phi) is 6.83. The minimum Gasteiger partial charge on any atom is -0.508 e. The number of aliphatic hydroxyl groups excluding tert-OH is 2. The molecule has 8 heteroatoms. The number of hydrogen-bond donors (Lipinski definition) is 4. The van der Waals surface area contributed by atoms with Crippen LogP contribution in [0.3, 0.4) is 0 Å². The summed E-state index contributed by atoms with van der Waals surface area (Å²) in [7, 11) is 0. The number of Topliss-reactive ketones (excluding diaryl/α,β-unsaturated/α-hetero) is 4. The molecular weight excluding hydrogens is 524 g/mol. The second kappa shape index (κ2) is 9.12. The van der Waals surface area contributed by atoms with Crippen LogP contribution >= 0.6 is 0 Å². The van der Waals surface area contributed by atoms with Gasteiger partial charge in [-0.1, -0.05) is 61.5 Å². The Morgan fingerprint density at radius 3 is 2.05 bits per heavy atom. The summed E-state index contributed by atoms with van der Waals surface area (Å²) in [6.45, 7) is 16.8. The first-order valence-electron chi connectivity index (χ1n) is 14.2. The molecule has 4 N–H and O–H groups in total. The summed E-state index contributed by atoms with van der Waals surface area (Å²) >= 11 is 0. The number of phenols is 1. The highest BCUT2D eigenvalue weighted by molar-refractivity contribution is 6.24. The lowest BCUT2D eigenvalue weighted by Gasteiger charge is -2.60. The molecule has 222 valence electrons. The number of rotatable bonds is 4. The molecule has 0 spiro atoms. The normalized spacial score (nSPS) is 30.7. The van der Waals surface area contributed by atoms with Crippen LogP contribution in [0.25, 0.3) is 5.76 Å². The fourth-order valence-electron chi connectivity index (χ4n) is 7.99. The summed E-state index contributed by atoms with van der Waals surface area (Å²) in [6, 6.07) is 1.79. The van der Waals surface area contributed by atoms with Gasteiger partial charge in [-0.2, -0.15) is 0 Å². The zero-order chi connectivity index (χ0) is 31.4. The Morgan fingerprint density at radius 2 is 1.59 bits per heavy atom. The minimum atomic E-state index is -2.66. The van der Waals surface area contributed by atoms with Crippen LogP contribution in [0.1, 0.15) is 104 Å². The minimum absolute atomic E-state index is 0.000577. The SMILES string of the molecule is CC(=O)C1=C(O)[C@]2(O)C(=O)C3=C(O)c4c(O)c(C(C)(C)C)cc(C(C)C(C)=O)c4C[C@]3(C)C[C@]2(C)C(C(C)C)C1=O. The largest absolute Gasteiger partial charge is 0.508 e. The van der Waals surface area contributed by atoms with Crippen LogP contribution in [0, 0.1) is 22.7 Å². The van der Waals surface area contributed by atoms with Gasteiger partial charge in [0.25, 0.3) is 0 Å². The second-order valence-corrected chi connectivity index (χ2v) is 14.3. The molecule has 0 radical (unpaired) electrons. The Hall–Kier alpha value is -3.26. The molecule has 5 atom stereocenters. The van der Waals surface area contributed by atoms with Crippen molar-refractivity contribution in [2.24, 2.45) is 22.7 Å². The van der Waals surface area contributed by atoms with Gasteiger partial charge in [-0.3, -0.25) is 19.2 Å². The van der Waals surface area contributed by atoms with Gasteiger partial charge in [0.15, 0.2) is 17.2 Å². The number of carbonyl (C=O) groups excluding carboxylic acids is 4. The van der Waals surface area contributed by atoms with Gasteiger partial charge in [-0.25, -0.2) is 0 Å². The molecule has 0 heterocycles. The summed E-state index contributed by atoms with van der Waals surface area (Å²) in [6.07, 6.45) is 0.133. The third-order valence-corrected chi connectivity index (χ3v) is 9.92. The Bertz CT molecular complexity index is 1490. The van der Waals surface area contributed by atoms with Gasteiger partial charge in [0.1, 0.15) is 28.6 Å². The van der Waals surface area contributed by atoms with Crippen LogP contribution in [0.5, 0.6) is 5.75 Å². The molecule has 1 fully saturated rings. The molecule has 3 aliphatic rings. The molecule has 0 amide bonds. The zero-order valence-corrected chi connectivity index (χ0v) is 25.6. The second-order valence-electron chi connectivity index (χ2n) is 14.3. The van der Waals surface area contributed by atoms with Crippen molar-refractivity contribution in [3.63, 3.8) is 0 Å². The number of phenolic OH excluding ortho intramolecular Hbond substituents is 1. The molecule has 0 aromatic heterocycles. The number of aromatic hydroxyl groups is 1. The third-order valence-electron chi connectivity index (χ3n) is 9.92. The maximum atomic E-state index is 14.5. The van der Waals surface area contributed by atoms with Crippen LogP contribution in [0.2, 0.25) is 0 Å². The summed E-state index contributed by atoms with van der Waals surface area (Å²) in [5.74, 6) is -6.22. The zero-order valence-electron chi connectivity index (χ0n) is 25.6. The predicted molar refractivity (Wildman–Crippen MR) is 154 cm³/mol. The van der Waals surface area contributed by atoms with Crippen molar-refractivity contribution in [3.8, 4) is 5.75 Å². The van der Waals surface area contributed by atoms with Gasteiger partial charge < -0.3 is 20.4 Å². The molecule has 3 aliphatic carbocycles. The smallest absolute Gasteiger partial charge is 0.203 e. The fraction of sp³-hybridized carbons (Fsp3) is 0.576. The van der Waals surface area contributed by atoms with E-state index in [0.717, 1.165) is 6.92 Å². The summed E-state index contributed by atoms with van der Waals surface area (Å²) in [5, 5.41) is 46.9. The van der Waals surface area contributed by atoms with Crippen molar-refractivity contribution < 1.29 is 39.6 Å². The average Bonchev–Trinajstić information content (AvgIpc) is 2.79. The first-order valence-corrected chi connectivity index (χ1v) is 14.2. The third kappa shape index (κ3) is 3.89. The van der Waals surface area contributed by atoms with Crippen molar-refractivity contribution in [1.82, 2.24) is 0 Å². The van der Waals surface area contributed by atoms with E-state index in [1.54, 1.807) is 40.7 Å². The van der Waals surface area contributed by atoms with E-state index >= 15 is 0 Å². The highest BCUT2D eigenvalue weighted by Gasteiger charge is 2.72. The van der Waals surface area contributed by atoms with E-state index in [0.29, 0.717) is 16.7 Å². The molecule has 1 aromatic rings. The van der Waals surface area contributed by atoms with E-state index in [1.807, 2.05) is 20.8 Å². The van der Waals surface area contributed by atoms with Crippen molar-refractivity contribution in [2.45, 2.75) is 99.0 Å². The van der Waals surface area contributed by atoms with E-state index in [1.165, 1.54) is 6.92 Å². The molecule has 8 nitrogen and oxygen atoms in total. The van der Waals surface area contributed by atoms with E-state index in [-0.39, 0.29) is 35.5 Å². The Balaban J connectivity index is 2.15. The van der Waals surface area contributed by atoms with Crippen LogP contribution in [0.4, 0.5) is 0 Å². The van der Waals surface area contributed by atoms with Crippen LogP contribution in [-0.2, 0) is 31.0 Å². The van der Waals surface area contributed by atoms with Crippen molar-refractivity contribution in [1.29, 1.82) is 0 Å². The Morgan fingerprint density at radius 1 is 1.02 bits per heavy atom. The van der Waals surface area contributed by atoms with Gasteiger partial charge in [0, 0.05) is 33.8 Å². The monoisotopic (exact) mass is 566 g/mol. The lowest BCUT2D eigenvalue weighted by atomic mass is 9.43. The number of fused-ring (bicyclic) bond motifs is 3. The van der Waals surface area contributed by atoms with E-state index in [2.05, 4.69) is 0 Å². The number of carbonyl (C=O) groups is 4. The molecule has 1 aromatic carbocycles. The highest BCUT2D eigenvalue weighted by Crippen LogP contribution is 2.65. The van der Waals surface area contributed by atoms with Gasteiger partial charge in [0.05, 0.1) is 5.56 Å². The topological polar surface area (TPSA) is 149 Å². The number of aliphatic hydroxyl groups is 3. The van der Waals surface area contributed by atoms with Crippen LogP contribution in [-0.4, -0.2) is 49.2 Å². The molecule has 0 aliphatic heterocycles. The predicted octanol–water partition coefficient (Wildman–Crippen LogP) is 5.18. The van der Waals surface area contributed by atoms with Gasteiger partial charge >= 0.3 is 0 Å². The fourth-order valence-corrected chi connectivity index (χ4v) is 7.99. The maximum Gasteiger partial charge on any atom is 0.203 e. The van der Waals surface area contributed by atoms with Crippen LogP contribution in [0.15, 0.2) is 23.0 Å². The number of ketones is 4. The average molecular weight is 567 g/mol. The molecule has 1 saturated carbocycles. The van der Waals surface area contributed by atoms with Gasteiger partial charge in [-0.15, -0.1) is 0 Å². The molecule has 0 saturated heterocycles. The first-order chi connectivity index (χ1) is 18.6. The van der Waals surface area contributed by atoms with E-state index in [9.17, 15) is 39.6 Å². The quantitative estimate of drug-likeness (QED) is 0.364. The molecule has 4 rings (SSSR count). The van der Waals surface area contributed by atoms with Gasteiger partial charge in [0.2, 0.25) is 5.78 Å². The molecule has 0 bridgehead atoms. The van der Waals surface area contributed by atoms with E-state index < -0.39 is 74.0 Å². The van der Waals surface area contributed by atoms with Crippen LogP contribution < -0.4 is 0 Å². The standard InChI is InChI=1S/C33H42O8/c1-14(2)23-26(37)21(17(5)35)28(39)33(41)29(40)24-27(38)22-19(12-31(24,9)13-32(23,33)10)18(15(3)16(4)34)11-20(25(22)36)30(6,7)8/h11,14-15,23,36,38-39,41H,12-13H2,1-10H3/t15?,23?,31-,32-,33+/m1/s1. The number of benzene rings is 1. The molecule has 41 heavy (non-hydrogen) atoms. The Labute approximate surface area is 241 Å². The van der Waals surface area contributed by atoms with Gasteiger partial charge in [-0.05, 0) is 49.1 Å². The summed E-state index contributed by atoms with van der Waals surface area (Å²) in [4.78, 5) is 53.3. The van der Waals surface area contributed by atoms with Crippen molar-refractivity contribution in [3.05, 3.63) is 45.2 Å². The molecule has 2 unspecified atom stereocenters. The lowest BCUT2D eigenvalue weighted by molar-refractivity contribution is -0.178. The summed E-state index contributed by atoms with van der Waals surface area (Å²) < 4.78 is 0. The lowest BCUT2D eigenvalue weighted by Crippen LogP contribution is -2.69. The highest BCUT2D eigenvalue weighted by atomic mass is 16.3. The number of allylic oxidation sites excluding steroid dienone is 1. The van der Waals surface area contributed by atoms with Crippen molar-refractivity contribution in [2.75, 3.05) is 0 Å². The molecular formula is C33H42O8. The first kappa shape index (κ1) is 30.7. The van der Waals surface area contributed by atoms with Crippen molar-refractivity contribution >= 4 is 28.9 Å². The van der Waals surface area contributed by atoms with E-state index in [4.69, 9.17) is 0 Å². The maximum absolute atomic E-state index is 14.5. The summed E-state index contributed by atoms with van der Waals surface area (Å²) in [5.41, 5.74) is -5.06. The number of hydrogen-bond acceptors (Lipinski definition) is 8.